The van der Waals surface area contributed by atoms with Crippen LogP contribution in [0, 0.1) is 6.92 Å². The Labute approximate surface area is 156 Å². The summed E-state index contributed by atoms with van der Waals surface area (Å²) in [6.07, 6.45) is 3.00. The summed E-state index contributed by atoms with van der Waals surface area (Å²) in [5.41, 5.74) is 2.74. The standard InChI is InChI=1S/C20H21N3O4/c1-12-5-3-7-14-18(12)22-19(21-14)13-6-4-8-23(10-13)20(25)16-9-15(24)17(26-2)11-27-16/h3,5,7,9,11,13H,4,6,8,10H2,1-2H3,(H,21,22)/t13-/m1/s1. The summed E-state index contributed by atoms with van der Waals surface area (Å²) in [6.45, 7) is 3.20. The van der Waals surface area contributed by atoms with E-state index in [1.165, 1.54) is 19.4 Å². The Morgan fingerprint density at radius 3 is 3.00 bits per heavy atom. The zero-order chi connectivity index (χ0) is 19.0. The Morgan fingerprint density at radius 1 is 1.41 bits per heavy atom. The van der Waals surface area contributed by atoms with Crippen LogP contribution < -0.4 is 10.2 Å². The third-order valence-corrected chi connectivity index (χ3v) is 5.06. The van der Waals surface area contributed by atoms with Gasteiger partial charge in [-0.3, -0.25) is 9.59 Å². The lowest BCUT2D eigenvalue weighted by atomic mass is 9.97. The zero-order valence-corrected chi connectivity index (χ0v) is 15.3. The van der Waals surface area contributed by atoms with Gasteiger partial charge in [0.15, 0.2) is 5.76 Å². The first-order valence-corrected chi connectivity index (χ1v) is 8.98. The van der Waals surface area contributed by atoms with Crippen molar-refractivity contribution in [3.63, 3.8) is 0 Å². The second kappa shape index (κ2) is 6.90. The molecule has 1 aliphatic heterocycles. The number of para-hydroxylation sites is 1. The van der Waals surface area contributed by atoms with E-state index in [2.05, 4.69) is 4.98 Å². The fourth-order valence-electron chi connectivity index (χ4n) is 3.59. The summed E-state index contributed by atoms with van der Waals surface area (Å²) in [5.74, 6) is 0.849. The number of nitrogens with one attached hydrogen (secondary N) is 1. The highest BCUT2D eigenvalue weighted by Gasteiger charge is 2.29. The van der Waals surface area contributed by atoms with Crippen molar-refractivity contribution in [1.29, 1.82) is 0 Å². The van der Waals surface area contributed by atoms with E-state index in [0.29, 0.717) is 13.1 Å². The van der Waals surface area contributed by atoms with E-state index in [-0.39, 0.29) is 28.8 Å². The Bertz CT molecular complexity index is 1050. The normalized spacial score (nSPS) is 17.3. The van der Waals surface area contributed by atoms with Crippen LogP contribution in [0.25, 0.3) is 11.0 Å². The van der Waals surface area contributed by atoms with Gasteiger partial charge >= 0.3 is 0 Å². The number of imidazole rings is 1. The largest absolute Gasteiger partial charge is 0.490 e. The molecule has 0 spiro atoms. The number of rotatable bonds is 3. The summed E-state index contributed by atoms with van der Waals surface area (Å²) >= 11 is 0. The number of fused-ring (bicyclic) bond motifs is 1. The number of piperidine rings is 1. The monoisotopic (exact) mass is 367 g/mol. The summed E-state index contributed by atoms with van der Waals surface area (Å²) in [7, 11) is 1.39. The highest BCUT2D eigenvalue weighted by molar-refractivity contribution is 5.91. The van der Waals surface area contributed by atoms with Gasteiger partial charge in [0.25, 0.3) is 5.91 Å². The fourth-order valence-corrected chi connectivity index (χ4v) is 3.59. The quantitative estimate of drug-likeness (QED) is 0.769. The number of hydrogen-bond donors (Lipinski definition) is 1. The molecule has 7 nitrogen and oxygen atoms in total. The molecule has 0 aliphatic carbocycles. The Balaban J connectivity index is 1.56. The van der Waals surface area contributed by atoms with Gasteiger partial charge in [0.2, 0.25) is 11.2 Å². The molecule has 140 valence electrons. The predicted molar refractivity (Wildman–Crippen MR) is 100 cm³/mol. The molecule has 1 saturated heterocycles. The Hall–Kier alpha value is -3.09. The number of aromatic nitrogens is 2. The minimum absolute atomic E-state index is 0.0295. The lowest BCUT2D eigenvalue weighted by molar-refractivity contribution is 0.0669. The molecule has 3 aromatic rings. The second-order valence-electron chi connectivity index (χ2n) is 6.86. The summed E-state index contributed by atoms with van der Waals surface area (Å²) < 4.78 is 10.2. The molecule has 0 saturated carbocycles. The molecule has 0 bridgehead atoms. The van der Waals surface area contributed by atoms with E-state index < -0.39 is 0 Å². The fraction of sp³-hybridized carbons (Fsp3) is 0.350. The number of aryl methyl sites for hydroxylation is 1. The van der Waals surface area contributed by atoms with E-state index in [0.717, 1.165) is 35.3 Å². The SMILES string of the molecule is COc1coc(C(=O)N2CCC[C@@H](c3nc4c(C)cccc4[nH]3)C2)cc1=O. The maximum atomic E-state index is 12.8. The molecule has 1 amide bonds. The van der Waals surface area contributed by atoms with E-state index in [1.54, 1.807) is 4.90 Å². The average molecular weight is 367 g/mol. The van der Waals surface area contributed by atoms with Crippen LogP contribution in [0.15, 0.2) is 39.7 Å². The summed E-state index contributed by atoms with van der Waals surface area (Å²) in [4.78, 5) is 34.5. The van der Waals surface area contributed by atoms with Crippen LogP contribution in [0.3, 0.4) is 0 Å². The van der Waals surface area contributed by atoms with Crippen molar-refractivity contribution in [2.24, 2.45) is 0 Å². The molecule has 0 radical (unpaired) electrons. The number of likely N-dealkylation sites (tertiary alicyclic amines) is 1. The lowest BCUT2D eigenvalue weighted by Gasteiger charge is -2.31. The minimum atomic E-state index is -0.367. The number of benzene rings is 1. The number of nitrogens with zero attached hydrogens (tertiary/aromatic N) is 2. The van der Waals surface area contributed by atoms with E-state index in [9.17, 15) is 9.59 Å². The summed E-state index contributed by atoms with van der Waals surface area (Å²) in [6, 6.07) is 7.24. The van der Waals surface area contributed by atoms with Crippen molar-refractivity contribution in [3.05, 3.63) is 57.9 Å². The lowest BCUT2D eigenvalue weighted by Crippen LogP contribution is -2.39. The number of ether oxygens (including phenoxy) is 1. The Morgan fingerprint density at radius 2 is 2.26 bits per heavy atom. The van der Waals surface area contributed by atoms with E-state index >= 15 is 0 Å². The van der Waals surface area contributed by atoms with E-state index in [1.807, 2.05) is 25.1 Å². The first-order chi connectivity index (χ1) is 13.1. The molecule has 1 fully saturated rings. The van der Waals surface area contributed by atoms with Crippen molar-refractivity contribution >= 4 is 16.9 Å². The van der Waals surface area contributed by atoms with Gasteiger partial charge < -0.3 is 19.0 Å². The van der Waals surface area contributed by atoms with Gasteiger partial charge in [-0.1, -0.05) is 12.1 Å². The van der Waals surface area contributed by atoms with Crippen LogP contribution in [-0.4, -0.2) is 41.0 Å². The van der Waals surface area contributed by atoms with Crippen LogP contribution in [0.4, 0.5) is 0 Å². The smallest absolute Gasteiger partial charge is 0.289 e. The molecule has 1 aromatic carbocycles. The zero-order valence-electron chi connectivity index (χ0n) is 15.3. The number of amides is 1. The number of carbonyl (C=O) groups excluding carboxylic acids is 1. The highest BCUT2D eigenvalue weighted by atomic mass is 16.5. The molecule has 4 rings (SSSR count). The molecule has 1 atom stereocenters. The molecule has 0 unspecified atom stereocenters. The van der Waals surface area contributed by atoms with Gasteiger partial charge in [0.05, 0.1) is 18.1 Å². The number of carbonyl (C=O) groups is 1. The first kappa shape index (κ1) is 17.3. The van der Waals surface area contributed by atoms with Gasteiger partial charge in [-0.05, 0) is 31.4 Å². The molecular weight excluding hydrogens is 346 g/mol. The van der Waals surface area contributed by atoms with Crippen molar-refractivity contribution in [2.75, 3.05) is 20.2 Å². The molecule has 2 aromatic heterocycles. The van der Waals surface area contributed by atoms with Crippen molar-refractivity contribution in [3.8, 4) is 5.75 Å². The molecule has 3 heterocycles. The minimum Gasteiger partial charge on any atom is -0.490 e. The maximum absolute atomic E-state index is 12.8. The third kappa shape index (κ3) is 3.20. The topological polar surface area (TPSA) is 88.4 Å². The number of aromatic amines is 1. The Kier molecular flexibility index (Phi) is 4.43. The van der Waals surface area contributed by atoms with Crippen LogP contribution >= 0.6 is 0 Å². The molecule has 27 heavy (non-hydrogen) atoms. The van der Waals surface area contributed by atoms with Crippen molar-refractivity contribution < 1.29 is 13.9 Å². The van der Waals surface area contributed by atoms with Gasteiger partial charge in [0.1, 0.15) is 12.1 Å². The maximum Gasteiger partial charge on any atom is 0.289 e. The van der Waals surface area contributed by atoms with Gasteiger partial charge in [-0.15, -0.1) is 0 Å². The molecule has 7 heteroatoms. The summed E-state index contributed by atoms with van der Waals surface area (Å²) in [5, 5.41) is 0. The predicted octanol–water partition coefficient (Wildman–Crippen LogP) is 2.85. The van der Waals surface area contributed by atoms with Crippen LogP contribution in [0.2, 0.25) is 0 Å². The van der Waals surface area contributed by atoms with Gasteiger partial charge in [0, 0.05) is 25.1 Å². The average Bonchev–Trinajstić information content (AvgIpc) is 3.13. The first-order valence-electron chi connectivity index (χ1n) is 8.98. The number of H-pyrrole nitrogens is 1. The van der Waals surface area contributed by atoms with Gasteiger partial charge in [-0.25, -0.2) is 4.98 Å². The highest BCUT2D eigenvalue weighted by Crippen LogP contribution is 2.28. The van der Waals surface area contributed by atoms with Crippen molar-refractivity contribution in [2.45, 2.75) is 25.7 Å². The van der Waals surface area contributed by atoms with Crippen LogP contribution in [-0.2, 0) is 0 Å². The van der Waals surface area contributed by atoms with Gasteiger partial charge in [-0.2, -0.15) is 0 Å². The molecule has 1 N–H and O–H groups in total. The second-order valence-corrected chi connectivity index (χ2v) is 6.86. The third-order valence-electron chi connectivity index (χ3n) is 5.06. The van der Waals surface area contributed by atoms with Crippen molar-refractivity contribution in [1.82, 2.24) is 14.9 Å². The van der Waals surface area contributed by atoms with E-state index in [4.69, 9.17) is 14.1 Å². The number of methoxy groups -OCH3 is 1. The molecule has 1 aliphatic rings. The van der Waals surface area contributed by atoms with Crippen LogP contribution in [0.1, 0.15) is 40.7 Å². The number of hydrogen-bond acceptors (Lipinski definition) is 5. The van der Waals surface area contributed by atoms with Crippen LogP contribution in [0.5, 0.6) is 5.75 Å². The molecular formula is C20H21N3O4.